The first-order valence-corrected chi connectivity index (χ1v) is 13.1. The van der Waals surface area contributed by atoms with Gasteiger partial charge in [-0.1, -0.05) is 12.1 Å². The summed E-state index contributed by atoms with van der Waals surface area (Å²) in [5, 5.41) is 25.0. The highest BCUT2D eigenvalue weighted by atomic mass is 19.4. The van der Waals surface area contributed by atoms with Crippen molar-refractivity contribution in [3.8, 4) is 22.8 Å². The number of alkyl halides is 3. The molecule has 0 aliphatic heterocycles. The molecule has 43 heavy (non-hydrogen) atoms. The van der Waals surface area contributed by atoms with Crippen molar-refractivity contribution in [1.82, 2.24) is 20.1 Å². The molecule has 1 fully saturated rings. The van der Waals surface area contributed by atoms with E-state index in [0.717, 1.165) is 59.8 Å². The van der Waals surface area contributed by atoms with Gasteiger partial charge in [-0.25, -0.2) is 18.6 Å². The number of aliphatic carboxylic acids is 1. The van der Waals surface area contributed by atoms with Crippen LogP contribution in [-0.2, 0) is 4.79 Å². The number of hydrogen-bond donors (Lipinski definition) is 3. The second kappa shape index (κ2) is 13.0. The normalized spacial score (nSPS) is 16.7. The molecule has 1 aliphatic rings. The first-order valence-electron chi connectivity index (χ1n) is 13.1. The zero-order chi connectivity index (χ0) is 31.3. The van der Waals surface area contributed by atoms with Crippen LogP contribution in [0.4, 0.5) is 22.0 Å². The van der Waals surface area contributed by atoms with Gasteiger partial charge < -0.3 is 20.3 Å². The Labute approximate surface area is 241 Å². The lowest BCUT2D eigenvalue weighted by molar-refractivity contribution is -0.192. The van der Waals surface area contributed by atoms with Gasteiger partial charge in [0.05, 0.1) is 18.7 Å². The number of phenols is 1. The van der Waals surface area contributed by atoms with Crippen molar-refractivity contribution < 1.29 is 46.5 Å². The molecule has 1 amide bonds. The lowest BCUT2D eigenvalue weighted by Crippen LogP contribution is -2.31. The molecule has 2 aromatic carbocycles. The number of nitrogens with zero attached hydrogens (tertiary/aromatic N) is 3. The number of pyridine rings is 1. The molecular weight excluding hydrogens is 579 g/mol. The number of ether oxygens (including phenoxy) is 1. The Kier molecular flexibility index (Phi) is 9.46. The van der Waals surface area contributed by atoms with Gasteiger partial charge in [-0.3, -0.25) is 9.48 Å². The van der Waals surface area contributed by atoms with Crippen LogP contribution < -0.4 is 10.1 Å². The summed E-state index contributed by atoms with van der Waals surface area (Å²) in [6.07, 6.45) is 2.37. The molecule has 1 saturated carbocycles. The number of carboxylic acid groups (broad SMARTS) is 1. The molecule has 14 heteroatoms. The largest absolute Gasteiger partial charge is 0.503 e. The van der Waals surface area contributed by atoms with Crippen LogP contribution in [0.2, 0.25) is 0 Å². The maximum atomic E-state index is 13.5. The fourth-order valence-corrected chi connectivity index (χ4v) is 4.75. The number of aromatic nitrogens is 3. The Morgan fingerprint density at radius 2 is 1.65 bits per heavy atom. The Bertz CT molecular complexity index is 1590. The SMILES string of the molecule is COc1cc(-c2ccc3cn(C4CCC(CNC(=O)c5cc(F)c(O)c(F)c5)CC4)nc3c2)ccn1.O=C(O)C(F)(F)F. The molecule has 9 nitrogen and oxygen atoms in total. The van der Waals surface area contributed by atoms with E-state index in [1.165, 1.54) is 0 Å². The number of methoxy groups -OCH3 is 1. The molecule has 3 N–H and O–H groups in total. The van der Waals surface area contributed by atoms with Crippen molar-refractivity contribution in [2.75, 3.05) is 13.7 Å². The molecular formula is C29H27F5N4O5. The molecule has 0 bridgehead atoms. The molecule has 0 atom stereocenters. The highest BCUT2D eigenvalue weighted by Gasteiger charge is 2.38. The highest BCUT2D eigenvalue weighted by molar-refractivity contribution is 5.94. The first kappa shape index (κ1) is 31.2. The quantitative estimate of drug-likeness (QED) is 0.234. The number of carboxylic acids is 1. The first-order chi connectivity index (χ1) is 20.3. The Balaban J connectivity index is 0.000000541. The van der Waals surface area contributed by atoms with Crippen molar-refractivity contribution >= 4 is 22.8 Å². The van der Waals surface area contributed by atoms with E-state index in [-0.39, 0.29) is 17.5 Å². The number of amides is 1. The van der Waals surface area contributed by atoms with E-state index in [0.29, 0.717) is 12.4 Å². The van der Waals surface area contributed by atoms with Crippen LogP contribution in [0.5, 0.6) is 11.6 Å². The number of carbonyl (C=O) groups is 2. The number of phenolic OH excluding ortho intramolecular Hbond substituents is 1. The highest BCUT2D eigenvalue weighted by Crippen LogP contribution is 2.33. The zero-order valence-electron chi connectivity index (χ0n) is 22.7. The maximum absolute atomic E-state index is 13.5. The van der Waals surface area contributed by atoms with Crippen LogP contribution in [0.15, 0.2) is 54.9 Å². The summed E-state index contributed by atoms with van der Waals surface area (Å²) in [5.41, 5.74) is 2.83. The molecule has 5 rings (SSSR count). The van der Waals surface area contributed by atoms with Crippen LogP contribution >= 0.6 is 0 Å². The summed E-state index contributed by atoms with van der Waals surface area (Å²) < 4.78 is 66.1. The topological polar surface area (TPSA) is 127 Å². The van der Waals surface area contributed by atoms with Crippen molar-refractivity contribution in [2.24, 2.45) is 5.92 Å². The smallest absolute Gasteiger partial charge is 0.490 e. The molecule has 1 aliphatic carbocycles. The summed E-state index contributed by atoms with van der Waals surface area (Å²) in [6.45, 7) is 0.426. The third kappa shape index (κ3) is 7.76. The summed E-state index contributed by atoms with van der Waals surface area (Å²) in [4.78, 5) is 25.4. The average Bonchev–Trinajstić information content (AvgIpc) is 3.42. The van der Waals surface area contributed by atoms with Gasteiger partial charge in [-0.15, -0.1) is 0 Å². The van der Waals surface area contributed by atoms with Gasteiger partial charge in [-0.05, 0) is 67.0 Å². The summed E-state index contributed by atoms with van der Waals surface area (Å²) in [6, 6.07) is 12.0. The van der Waals surface area contributed by atoms with Gasteiger partial charge in [0, 0.05) is 36.0 Å². The molecule has 228 valence electrons. The molecule has 2 aromatic heterocycles. The molecule has 0 unspecified atom stereocenters. The maximum Gasteiger partial charge on any atom is 0.490 e. The van der Waals surface area contributed by atoms with Gasteiger partial charge in [0.2, 0.25) is 5.88 Å². The lowest BCUT2D eigenvalue weighted by Gasteiger charge is -2.28. The Morgan fingerprint density at radius 1 is 1.02 bits per heavy atom. The van der Waals surface area contributed by atoms with Gasteiger partial charge in [0.1, 0.15) is 0 Å². The van der Waals surface area contributed by atoms with E-state index < -0.39 is 35.4 Å². The Morgan fingerprint density at radius 3 is 2.26 bits per heavy atom. The van der Waals surface area contributed by atoms with E-state index >= 15 is 0 Å². The fourth-order valence-electron chi connectivity index (χ4n) is 4.75. The van der Waals surface area contributed by atoms with Gasteiger partial charge in [0.25, 0.3) is 5.91 Å². The fraction of sp³-hybridized carbons (Fsp3) is 0.310. The third-order valence-electron chi connectivity index (χ3n) is 7.07. The van der Waals surface area contributed by atoms with E-state index in [4.69, 9.17) is 19.7 Å². The molecule has 0 spiro atoms. The van der Waals surface area contributed by atoms with Crippen molar-refractivity contribution in [1.29, 1.82) is 0 Å². The summed E-state index contributed by atoms with van der Waals surface area (Å²) in [5.74, 6) is -5.86. The number of aromatic hydroxyl groups is 1. The number of hydrogen-bond acceptors (Lipinski definition) is 6. The number of fused-ring (bicyclic) bond motifs is 1. The number of benzene rings is 2. The van der Waals surface area contributed by atoms with E-state index in [2.05, 4.69) is 34.7 Å². The minimum absolute atomic E-state index is 0.149. The number of halogens is 5. The van der Waals surface area contributed by atoms with Gasteiger partial charge in [-0.2, -0.15) is 18.3 Å². The predicted octanol–water partition coefficient (Wildman–Crippen LogP) is 5.89. The molecule has 2 heterocycles. The predicted molar refractivity (Wildman–Crippen MR) is 145 cm³/mol. The van der Waals surface area contributed by atoms with Crippen LogP contribution in [0.1, 0.15) is 42.1 Å². The molecule has 0 saturated heterocycles. The van der Waals surface area contributed by atoms with E-state index in [9.17, 15) is 31.9 Å². The minimum Gasteiger partial charge on any atom is -0.503 e. The van der Waals surface area contributed by atoms with E-state index in [1.54, 1.807) is 13.3 Å². The number of rotatable bonds is 6. The van der Waals surface area contributed by atoms with Crippen molar-refractivity contribution in [3.05, 3.63) is 72.1 Å². The zero-order valence-corrected chi connectivity index (χ0v) is 22.7. The number of carbonyl (C=O) groups excluding carboxylic acids is 1. The van der Waals surface area contributed by atoms with E-state index in [1.807, 2.05) is 16.8 Å². The van der Waals surface area contributed by atoms with Gasteiger partial charge in [0.15, 0.2) is 17.4 Å². The van der Waals surface area contributed by atoms with Crippen LogP contribution in [-0.4, -0.2) is 56.7 Å². The summed E-state index contributed by atoms with van der Waals surface area (Å²) in [7, 11) is 1.59. The second-order valence-electron chi connectivity index (χ2n) is 9.95. The van der Waals surface area contributed by atoms with Crippen LogP contribution in [0, 0.1) is 17.6 Å². The van der Waals surface area contributed by atoms with Gasteiger partial charge >= 0.3 is 12.1 Å². The van der Waals surface area contributed by atoms with Crippen LogP contribution in [0.3, 0.4) is 0 Å². The number of nitrogens with one attached hydrogen (secondary N) is 1. The lowest BCUT2D eigenvalue weighted by atomic mass is 9.86. The summed E-state index contributed by atoms with van der Waals surface area (Å²) >= 11 is 0. The second-order valence-corrected chi connectivity index (χ2v) is 9.95. The monoisotopic (exact) mass is 606 g/mol. The molecule has 4 aromatic rings. The van der Waals surface area contributed by atoms with Crippen molar-refractivity contribution in [3.63, 3.8) is 0 Å². The molecule has 0 radical (unpaired) electrons. The van der Waals surface area contributed by atoms with Crippen LogP contribution in [0.25, 0.3) is 22.0 Å². The third-order valence-corrected chi connectivity index (χ3v) is 7.07. The standard InChI is InChI=1S/C27H26F2N4O3.C2HF3O2/c1-36-25-13-18(8-9-30-25)17-4-5-19-15-33(32-24(19)12-17)21-6-2-16(3-7-21)14-31-27(35)20-10-22(28)26(34)23(29)11-20;3-2(4,5)1(6)7/h4-5,8-13,15-16,21,34H,2-3,6-7,14H2,1H3,(H,31,35);(H,6,7). The Hall–Kier alpha value is -4.75. The van der Waals surface area contributed by atoms with Crippen molar-refractivity contribution in [2.45, 2.75) is 37.9 Å². The average molecular weight is 607 g/mol. The minimum atomic E-state index is -5.08.